The molecule has 1 fully saturated rings. The molecule has 1 aliphatic rings. The van der Waals surface area contributed by atoms with E-state index in [1.165, 1.54) is 10.4 Å². The van der Waals surface area contributed by atoms with Gasteiger partial charge in [-0.3, -0.25) is 4.79 Å². The third-order valence-corrected chi connectivity index (χ3v) is 7.11. The van der Waals surface area contributed by atoms with Gasteiger partial charge in [0, 0.05) is 17.6 Å². The molecular weight excluding hydrogens is 358 g/mol. The standard InChI is InChI=1S/C14H18BrNO4S/c1-10(2)14(13(17)18)7-8-16(9-14)21(19,20)12-6-4-3-5-11(12)15/h3-6,10H,7-9H2,1-2H3,(H,17,18). The van der Waals surface area contributed by atoms with E-state index in [1.807, 2.05) is 13.8 Å². The normalized spacial score (nSPS) is 23.6. The molecule has 1 unspecified atom stereocenters. The molecule has 0 spiro atoms. The molecule has 1 N–H and O–H groups in total. The van der Waals surface area contributed by atoms with E-state index in [1.54, 1.807) is 18.2 Å². The molecule has 0 bridgehead atoms. The van der Waals surface area contributed by atoms with Gasteiger partial charge in [0.15, 0.2) is 0 Å². The Morgan fingerprint density at radius 1 is 1.38 bits per heavy atom. The largest absolute Gasteiger partial charge is 0.481 e. The maximum Gasteiger partial charge on any atom is 0.311 e. The number of hydrogen-bond acceptors (Lipinski definition) is 3. The number of rotatable bonds is 4. The smallest absolute Gasteiger partial charge is 0.311 e. The van der Waals surface area contributed by atoms with Gasteiger partial charge >= 0.3 is 5.97 Å². The third-order valence-electron chi connectivity index (χ3n) is 4.25. The van der Waals surface area contributed by atoms with E-state index in [-0.39, 0.29) is 23.9 Å². The fourth-order valence-corrected chi connectivity index (χ4v) is 5.16. The summed E-state index contributed by atoms with van der Waals surface area (Å²) >= 11 is 3.24. The first-order chi connectivity index (χ1) is 9.71. The van der Waals surface area contributed by atoms with Crippen molar-refractivity contribution in [3.05, 3.63) is 28.7 Å². The molecule has 1 atom stereocenters. The van der Waals surface area contributed by atoms with Crippen LogP contribution >= 0.6 is 15.9 Å². The van der Waals surface area contributed by atoms with Crippen molar-refractivity contribution in [1.29, 1.82) is 0 Å². The van der Waals surface area contributed by atoms with Crippen molar-refractivity contribution in [2.24, 2.45) is 11.3 Å². The zero-order valence-electron chi connectivity index (χ0n) is 11.9. The molecule has 0 radical (unpaired) electrons. The average molecular weight is 376 g/mol. The minimum absolute atomic E-state index is 0.0175. The lowest BCUT2D eigenvalue weighted by Crippen LogP contribution is -2.40. The number of carboxylic acid groups (broad SMARTS) is 1. The van der Waals surface area contributed by atoms with Gasteiger partial charge < -0.3 is 5.11 Å². The van der Waals surface area contributed by atoms with Gasteiger partial charge in [0.05, 0.1) is 10.3 Å². The summed E-state index contributed by atoms with van der Waals surface area (Å²) in [6.45, 7) is 3.89. The van der Waals surface area contributed by atoms with Gasteiger partial charge in [0.2, 0.25) is 10.0 Å². The van der Waals surface area contributed by atoms with Crippen molar-refractivity contribution in [3.8, 4) is 0 Å². The summed E-state index contributed by atoms with van der Waals surface area (Å²) in [6, 6.07) is 6.58. The first kappa shape index (κ1) is 16.5. The lowest BCUT2D eigenvalue weighted by Gasteiger charge is -2.28. The second-order valence-corrected chi connectivity index (χ2v) is 8.40. The van der Waals surface area contributed by atoms with Crippen LogP contribution in [-0.4, -0.2) is 36.9 Å². The number of hydrogen-bond donors (Lipinski definition) is 1. The molecular formula is C14H18BrNO4S. The highest BCUT2D eigenvalue weighted by atomic mass is 79.9. The fraction of sp³-hybridized carbons (Fsp3) is 0.500. The van der Waals surface area contributed by atoms with Crippen LogP contribution < -0.4 is 0 Å². The Balaban J connectivity index is 2.37. The van der Waals surface area contributed by atoms with E-state index in [4.69, 9.17) is 0 Å². The van der Waals surface area contributed by atoms with Gasteiger partial charge in [-0.2, -0.15) is 4.31 Å². The van der Waals surface area contributed by atoms with E-state index in [2.05, 4.69) is 15.9 Å². The molecule has 7 heteroatoms. The van der Waals surface area contributed by atoms with Gasteiger partial charge in [0.25, 0.3) is 0 Å². The Labute approximate surface area is 133 Å². The molecule has 1 aromatic carbocycles. The summed E-state index contributed by atoms with van der Waals surface area (Å²) in [7, 11) is -3.68. The molecule has 1 saturated heterocycles. The molecule has 2 rings (SSSR count). The van der Waals surface area contributed by atoms with Crippen molar-refractivity contribution < 1.29 is 18.3 Å². The van der Waals surface area contributed by atoms with Crippen molar-refractivity contribution in [3.63, 3.8) is 0 Å². The van der Waals surface area contributed by atoms with Crippen LogP contribution in [0, 0.1) is 11.3 Å². The van der Waals surface area contributed by atoms with Crippen LogP contribution in [0.3, 0.4) is 0 Å². The maximum absolute atomic E-state index is 12.7. The van der Waals surface area contributed by atoms with Crippen LogP contribution in [0.1, 0.15) is 20.3 Å². The topological polar surface area (TPSA) is 74.7 Å². The lowest BCUT2D eigenvalue weighted by atomic mass is 9.77. The Morgan fingerprint density at radius 3 is 2.48 bits per heavy atom. The van der Waals surface area contributed by atoms with Crippen LogP contribution in [0.15, 0.2) is 33.6 Å². The number of benzene rings is 1. The molecule has 116 valence electrons. The second kappa shape index (κ2) is 5.70. The predicted molar refractivity (Wildman–Crippen MR) is 82.4 cm³/mol. The van der Waals surface area contributed by atoms with Gasteiger partial charge in [0.1, 0.15) is 0 Å². The van der Waals surface area contributed by atoms with Crippen LogP contribution in [0.2, 0.25) is 0 Å². The Bertz CT molecular complexity index is 659. The van der Waals surface area contributed by atoms with E-state index < -0.39 is 21.4 Å². The molecule has 0 amide bonds. The number of carboxylic acids is 1. The number of halogens is 1. The quantitative estimate of drug-likeness (QED) is 0.877. The summed E-state index contributed by atoms with van der Waals surface area (Å²) in [5, 5.41) is 9.51. The molecule has 1 aromatic rings. The molecule has 21 heavy (non-hydrogen) atoms. The fourth-order valence-electron chi connectivity index (χ4n) is 2.69. The SMILES string of the molecule is CC(C)C1(C(=O)O)CCN(S(=O)(=O)c2ccccc2Br)C1. The van der Waals surface area contributed by atoms with Crippen molar-refractivity contribution in [1.82, 2.24) is 4.31 Å². The summed E-state index contributed by atoms with van der Waals surface area (Å²) < 4.78 is 27.1. The molecule has 0 aliphatic carbocycles. The summed E-state index contributed by atoms with van der Waals surface area (Å²) in [6.07, 6.45) is 0.337. The average Bonchev–Trinajstić information content (AvgIpc) is 2.86. The van der Waals surface area contributed by atoms with E-state index in [0.717, 1.165) is 0 Å². The van der Waals surface area contributed by atoms with Crippen LogP contribution in [-0.2, 0) is 14.8 Å². The van der Waals surface area contributed by atoms with E-state index in [0.29, 0.717) is 10.9 Å². The van der Waals surface area contributed by atoms with Crippen LogP contribution in [0.25, 0.3) is 0 Å². The number of nitrogens with zero attached hydrogens (tertiary/aromatic N) is 1. The highest BCUT2D eigenvalue weighted by Gasteiger charge is 2.50. The molecule has 1 aliphatic heterocycles. The number of sulfonamides is 1. The lowest BCUT2D eigenvalue weighted by molar-refractivity contribution is -0.150. The minimum Gasteiger partial charge on any atom is -0.481 e. The first-order valence-corrected chi connectivity index (χ1v) is 8.93. The van der Waals surface area contributed by atoms with Crippen LogP contribution in [0.5, 0.6) is 0 Å². The van der Waals surface area contributed by atoms with Crippen molar-refractivity contribution in [2.45, 2.75) is 25.2 Å². The van der Waals surface area contributed by atoms with Gasteiger partial charge in [-0.15, -0.1) is 0 Å². The zero-order chi connectivity index (χ0) is 15.8. The second-order valence-electron chi connectivity index (χ2n) is 5.64. The Hall–Kier alpha value is -0.920. The predicted octanol–water partition coefficient (Wildman–Crippen LogP) is 2.57. The Kier molecular flexibility index (Phi) is 4.46. The maximum atomic E-state index is 12.7. The first-order valence-electron chi connectivity index (χ1n) is 6.70. The molecule has 1 heterocycles. The van der Waals surface area contributed by atoms with Crippen molar-refractivity contribution >= 4 is 31.9 Å². The molecule has 0 aromatic heterocycles. The summed E-state index contributed by atoms with van der Waals surface area (Å²) in [4.78, 5) is 11.8. The van der Waals surface area contributed by atoms with Crippen LogP contribution in [0.4, 0.5) is 0 Å². The summed E-state index contributed by atoms with van der Waals surface area (Å²) in [5.41, 5.74) is -1.01. The van der Waals surface area contributed by atoms with E-state index in [9.17, 15) is 18.3 Å². The summed E-state index contributed by atoms with van der Waals surface area (Å²) in [5.74, 6) is -1.06. The third kappa shape index (κ3) is 2.74. The number of aliphatic carboxylic acids is 1. The number of carbonyl (C=O) groups is 1. The monoisotopic (exact) mass is 375 g/mol. The minimum atomic E-state index is -3.68. The zero-order valence-corrected chi connectivity index (χ0v) is 14.3. The molecule has 5 nitrogen and oxygen atoms in total. The van der Waals surface area contributed by atoms with E-state index >= 15 is 0 Å². The molecule has 0 saturated carbocycles. The highest BCUT2D eigenvalue weighted by Crippen LogP contribution is 2.40. The van der Waals surface area contributed by atoms with Gasteiger partial charge in [-0.05, 0) is 40.4 Å². The Morgan fingerprint density at radius 2 is 2.00 bits per heavy atom. The van der Waals surface area contributed by atoms with Gasteiger partial charge in [-0.25, -0.2) is 8.42 Å². The van der Waals surface area contributed by atoms with Crippen molar-refractivity contribution in [2.75, 3.05) is 13.1 Å². The van der Waals surface area contributed by atoms with Gasteiger partial charge in [-0.1, -0.05) is 26.0 Å². The highest BCUT2D eigenvalue weighted by molar-refractivity contribution is 9.10.